The zero-order valence-electron chi connectivity index (χ0n) is 17.9. The number of ether oxygens (including phenoxy) is 1. The average molecular weight is 462 g/mol. The van der Waals surface area contributed by atoms with Gasteiger partial charge in [0.1, 0.15) is 6.04 Å². The number of hydrogen-bond donors (Lipinski definition) is 1. The number of para-hydroxylation sites is 1. The number of carbonyl (C=O) groups excluding carboxylic acids is 1. The van der Waals surface area contributed by atoms with E-state index in [9.17, 15) is 27.9 Å². The average Bonchev–Trinajstić information content (AvgIpc) is 2.83. The first kappa shape index (κ1) is 23.1. The first-order valence-electron chi connectivity index (χ1n) is 10.9. The van der Waals surface area contributed by atoms with Crippen molar-refractivity contribution in [3.63, 3.8) is 0 Å². The molecule has 0 radical (unpaired) electrons. The SMILES string of the molecule is O=C(O)c1ccccc1N1CC(c2ccc(C(F)(F)F)cc2)CC[C@H]1C(=O)N1CCOCC1. The Kier molecular flexibility index (Phi) is 6.60. The van der Waals surface area contributed by atoms with E-state index in [1.807, 2.05) is 4.90 Å². The minimum atomic E-state index is -4.41. The van der Waals surface area contributed by atoms with Crippen LogP contribution in [0.3, 0.4) is 0 Å². The van der Waals surface area contributed by atoms with E-state index in [4.69, 9.17) is 4.74 Å². The van der Waals surface area contributed by atoms with E-state index in [0.29, 0.717) is 51.4 Å². The monoisotopic (exact) mass is 462 g/mol. The van der Waals surface area contributed by atoms with Gasteiger partial charge in [-0.15, -0.1) is 0 Å². The van der Waals surface area contributed by atoms with Gasteiger partial charge >= 0.3 is 12.1 Å². The van der Waals surface area contributed by atoms with Crippen molar-refractivity contribution in [2.24, 2.45) is 0 Å². The summed E-state index contributed by atoms with van der Waals surface area (Å²) in [5.41, 5.74) is 0.548. The lowest BCUT2D eigenvalue weighted by Gasteiger charge is -2.43. The third kappa shape index (κ3) is 4.98. The molecule has 2 aliphatic rings. The summed E-state index contributed by atoms with van der Waals surface area (Å²) in [7, 11) is 0. The number of hydrogen-bond acceptors (Lipinski definition) is 4. The number of carboxylic acid groups (broad SMARTS) is 1. The van der Waals surface area contributed by atoms with Gasteiger partial charge in [0.05, 0.1) is 30.0 Å². The van der Waals surface area contributed by atoms with Gasteiger partial charge in [-0.2, -0.15) is 13.2 Å². The van der Waals surface area contributed by atoms with Crippen LogP contribution in [0.25, 0.3) is 0 Å². The van der Waals surface area contributed by atoms with Gasteiger partial charge in [0, 0.05) is 25.6 Å². The Morgan fingerprint density at radius 2 is 1.64 bits per heavy atom. The molecule has 2 saturated heterocycles. The molecule has 4 rings (SSSR count). The number of halogens is 3. The van der Waals surface area contributed by atoms with Crippen LogP contribution in [0.5, 0.6) is 0 Å². The van der Waals surface area contributed by atoms with Gasteiger partial charge in [-0.05, 0) is 42.7 Å². The first-order valence-corrected chi connectivity index (χ1v) is 10.9. The Morgan fingerprint density at radius 3 is 2.27 bits per heavy atom. The van der Waals surface area contributed by atoms with Crippen molar-refractivity contribution in [1.29, 1.82) is 0 Å². The minimum absolute atomic E-state index is 0.0793. The van der Waals surface area contributed by atoms with Crippen molar-refractivity contribution in [2.45, 2.75) is 31.0 Å². The standard InChI is InChI=1S/C24H25F3N2O4/c25-24(26,27)18-8-5-16(6-9-18)17-7-10-21(22(30)28-11-13-33-14-12-28)29(15-17)20-4-2-1-3-19(20)23(31)32/h1-6,8-9,17,21H,7,10-15H2,(H,31,32)/t17?,21-/m0/s1. The van der Waals surface area contributed by atoms with Crippen LogP contribution in [0.15, 0.2) is 48.5 Å². The topological polar surface area (TPSA) is 70.1 Å². The van der Waals surface area contributed by atoms with Gasteiger partial charge in [0.25, 0.3) is 0 Å². The maximum absolute atomic E-state index is 13.4. The summed E-state index contributed by atoms with van der Waals surface area (Å²) in [5.74, 6) is -1.31. The molecule has 2 aromatic rings. The Hall–Kier alpha value is -3.07. The Morgan fingerprint density at radius 1 is 0.970 bits per heavy atom. The quantitative estimate of drug-likeness (QED) is 0.744. The van der Waals surface area contributed by atoms with Crippen LogP contribution in [0.1, 0.15) is 40.2 Å². The molecule has 0 aromatic heterocycles. The normalized spacial score (nSPS) is 21.7. The van der Waals surface area contributed by atoms with Crippen LogP contribution in [0.4, 0.5) is 18.9 Å². The second-order valence-corrected chi connectivity index (χ2v) is 8.32. The van der Waals surface area contributed by atoms with Crippen molar-refractivity contribution in [3.8, 4) is 0 Å². The molecule has 176 valence electrons. The van der Waals surface area contributed by atoms with Crippen LogP contribution in [-0.4, -0.2) is 60.8 Å². The fourth-order valence-corrected chi connectivity index (χ4v) is 4.61. The highest BCUT2D eigenvalue weighted by Crippen LogP contribution is 2.37. The van der Waals surface area contributed by atoms with Gasteiger partial charge < -0.3 is 19.6 Å². The van der Waals surface area contributed by atoms with Gasteiger partial charge in [-0.25, -0.2) is 4.79 Å². The molecule has 2 heterocycles. The molecule has 2 atom stereocenters. The molecule has 0 aliphatic carbocycles. The molecule has 2 fully saturated rings. The van der Waals surface area contributed by atoms with Crippen LogP contribution in [-0.2, 0) is 15.7 Å². The van der Waals surface area contributed by atoms with Crippen LogP contribution in [0, 0.1) is 0 Å². The van der Waals surface area contributed by atoms with Gasteiger partial charge in [-0.1, -0.05) is 24.3 Å². The molecular formula is C24H25F3N2O4. The maximum Gasteiger partial charge on any atom is 0.416 e. The number of benzene rings is 2. The maximum atomic E-state index is 13.4. The van der Waals surface area contributed by atoms with E-state index < -0.39 is 23.8 Å². The molecule has 9 heteroatoms. The van der Waals surface area contributed by atoms with Crippen LogP contribution >= 0.6 is 0 Å². The fraction of sp³-hybridized carbons (Fsp3) is 0.417. The highest BCUT2D eigenvalue weighted by atomic mass is 19.4. The third-order valence-corrected chi connectivity index (χ3v) is 6.34. The van der Waals surface area contributed by atoms with Crippen molar-refractivity contribution in [1.82, 2.24) is 4.90 Å². The van der Waals surface area contributed by atoms with E-state index in [0.717, 1.165) is 17.7 Å². The summed E-state index contributed by atoms with van der Waals surface area (Å²) in [4.78, 5) is 28.8. The lowest BCUT2D eigenvalue weighted by molar-refractivity contribution is -0.138. The second-order valence-electron chi connectivity index (χ2n) is 8.32. The number of carboxylic acids is 1. The van der Waals surface area contributed by atoms with Crippen molar-refractivity contribution in [3.05, 3.63) is 65.2 Å². The third-order valence-electron chi connectivity index (χ3n) is 6.34. The minimum Gasteiger partial charge on any atom is -0.478 e. The number of nitrogens with zero attached hydrogens (tertiary/aromatic N) is 2. The van der Waals surface area contributed by atoms with Crippen molar-refractivity contribution in [2.75, 3.05) is 37.7 Å². The molecule has 6 nitrogen and oxygen atoms in total. The number of piperidine rings is 1. The summed E-state index contributed by atoms with van der Waals surface area (Å²) in [5, 5.41) is 9.71. The van der Waals surface area contributed by atoms with E-state index in [1.165, 1.54) is 18.2 Å². The summed E-state index contributed by atoms with van der Waals surface area (Å²) < 4.78 is 44.2. The number of amides is 1. The lowest BCUT2D eigenvalue weighted by atomic mass is 9.85. The zero-order chi connectivity index (χ0) is 23.6. The highest BCUT2D eigenvalue weighted by molar-refractivity contribution is 5.96. The number of rotatable bonds is 4. The largest absolute Gasteiger partial charge is 0.478 e. The van der Waals surface area contributed by atoms with Gasteiger partial charge in [0.15, 0.2) is 0 Å². The summed E-state index contributed by atoms with van der Waals surface area (Å²) in [6.07, 6.45) is -3.33. The summed E-state index contributed by atoms with van der Waals surface area (Å²) in [6.45, 7) is 2.20. The number of aromatic carboxylic acids is 1. The number of carbonyl (C=O) groups is 2. The molecule has 1 unspecified atom stereocenters. The number of anilines is 1. The Bertz CT molecular complexity index is 1000. The highest BCUT2D eigenvalue weighted by Gasteiger charge is 2.38. The molecule has 33 heavy (non-hydrogen) atoms. The molecule has 2 aromatic carbocycles. The Labute approximate surface area is 189 Å². The molecule has 0 bridgehead atoms. The van der Waals surface area contributed by atoms with E-state index >= 15 is 0 Å². The molecule has 1 N–H and O–H groups in total. The predicted molar refractivity (Wildman–Crippen MR) is 115 cm³/mol. The second kappa shape index (κ2) is 9.43. The van der Waals surface area contributed by atoms with E-state index in [-0.39, 0.29) is 17.4 Å². The first-order chi connectivity index (χ1) is 15.8. The van der Waals surface area contributed by atoms with Crippen LogP contribution in [0.2, 0.25) is 0 Å². The van der Waals surface area contributed by atoms with Crippen molar-refractivity contribution < 1.29 is 32.6 Å². The predicted octanol–water partition coefficient (Wildman–Crippen LogP) is 4.02. The lowest BCUT2D eigenvalue weighted by Crippen LogP contribution is -2.55. The zero-order valence-corrected chi connectivity index (χ0v) is 17.9. The number of alkyl halides is 3. The molecule has 1 amide bonds. The van der Waals surface area contributed by atoms with Gasteiger partial charge in [0.2, 0.25) is 5.91 Å². The molecule has 0 spiro atoms. The fourth-order valence-electron chi connectivity index (χ4n) is 4.61. The summed E-state index contributed by atoms with van der Waals surface area (Å²) in [6, 6.07) is 11.1. The van der Waals surface area contributed by atoms with Crippen LogP contribution < -0.4 is 4.90 Å². The smallest absolute Gasteiger partial charge is 0.416 e. The Balaban J connectivity index is 1.65. The van der Waals surface area contributed by atoms with Gasteiger partial charge in [-0.3, -0.25) is 4.79 Å². The number of morpholine rings is 1. The molecule has 2 aliphatic heterocycles. The van der Waals surface area contributed by atoms with E-state index in [1.54, 1.807) is 23.1 Å². The van der Waals surface area contributed by atoms with Crippen molar-refractivity contribution >= 4 is 17.6 Å². The summed E-state index contributed by atoms with van der Waals surface area (Å²) >= 11 is 0. The molecule has 0 saturated carbocycles. The van der Waals surface area contributed by atoms with E-state index in [2.05, 4.69) is 0 Å². The molecular weight excluding hydrogens is 437 g/mol.